The zero-order chi connectivity index (χ0) is 18.4. The summed E-state index contributed by atoms with van der Waals surface area (Å²) in [7, 11) is 0. The molecule has 1 aliphatic rings. The molecule has 1 fully saturated rings. The number of aliphatic hydroxyl groups excluding tert-OH is 1. The highest BCUT2D eigenvalue weighted by Gasteiger charge is 2.28. The molecule has 1 heterocycles. The molecule has 0 unspecified atom stereocenters. The van der Waals surface area contributed by atoms with Crippen molar-refractivity contribution in [3.63, 3.8) is 0 Å². The number of rotatable bonds is 4. The number of anilines is 1. The van der Waals surface area contributed by atoms with Crippen LogP contribution in [0.15, 0.2) is 24.3 Å². The molecule has 3 amide bonds. The highest BCUT2D eigenvalue weighted by Crippen LogP contribution is 2.19. The van der Waals surface area contributed by atoms with Crippen molar-refractivity contribution in [1.82, 2.24) is 10.2 Å². The fourth-order valence-corrected chi connectivity index (χ4v) is 2.70. The van der Waals surface area contributed by atoms with Crippen molar-refractivity contribution in [3.05, 3.63) is 29.8 Å². The van der Waals surface area contributed by atoms with Crippen LogP contribution in [0.1, 0.15) is 37.6 Å². The molecule has 0 saturated carbocycles. The van der Waals surface area contributed by atoms with E-state index >= 15 is 0 Å². The second kappa shape index (κ2) is 8.31. The second-order valence-corrected chi connectivity index (χ2v) is 7.11. The molecule has 0 bridgehead atoms. The number of nitrogens with one attached hydrogen (secondary N) is 2. The van der Waals surface area contributed by atoms with Crippen LogP contribution in [0.2, 0.25) is 0 Å². The first-order valence-corrected chi connectivity index (χ1v) is 8.49. The second-order valence-electron chi connectivity index (χ2n) is 7.11. The summed E-state index contributed by atoms with van der Waals surface area (Å²) < 4.78 is 5.39. The fraction of sp³-hybridized carbons (Fsp3) is 0.556. The Bertz CT molecular complexity index is 611. The van der Waals surface area contributed by atoms with Crippen molar-refractivity contribution < 1.29 is 19.4 Å². The van der Waals surface area contributed by atoms with Crippen LogP contribution in [-0.2, 0) is 4.74 Å². The van der Waals surface area contributed by atoms with Crippen LogP contribution in [0.4, 0.5) is 10.5 Å². The highest BCUT2D eigenvalue weighted by molar-refractivity contribution is 6.03. The van der Waals surface area contributed by atoms with Gasteiger partial charge in [0.25, 0.3) is 5.91 Å². The van der Waals surface area contributed by atoms with E-state index < -0.39 is 0 Å². The molecule has 7 heteroatoms. The van der Waals surface area contributed by atoms with E-state index in [2.05, 4.69) is 10.6 Å². The molecule has 0 spiro atoms. The van der Waals surface area contributed by atoms with Crippen LogP contribution >= 0.6 is 0 Å². The van der Waals surface area contributed by atoms with E-state index in [0.29, 0.717) is 37.4 Å². The summed E-state index contributed by atoms with van der Waals surface area (Å²) in [6, 6.07) is 6.45. The average Bonchev–Trinajstić information content (AvgIpc) is 2.54. The molecular formula is C18H27N3O4. The minimum absolute atomic E-state index is 0.0115. The van der Waals surface area contributed by atoms with Gasteiger partial charge in [-0.1, -0.05) is 12.1 Å². The number of aliphatic hydroxyl groups is 1. The molecule has 25 heavy (non-hydrogen) atoms. The van der Waals surface area contributed by atoms with Crippen LogP contribution in [-0.4, -0.2) is 59.9 Å². The van der Waals surface area contributed by atoms with Crippen molar-refractivity contribution in [2.24, 2.45) is 0 Å². The Morgan fingerprint density at radius 2 is 2.04 bits per heavy atom. The number of ether oxygens (including phenoxy) is 1. The lowest BCUT2D eigenvalue weighted by Crippen LogP contribution is -2.50. The highest BCUT2D eigenvalue weighted by atomic mass is 16.5. The molecule has 7 nitrogen and oxygen atoms in total. The summed E-state index contributed by atoms with van der Waals surface area (Å²) in [5.74, 6) is -0.239. The van der Waals surface area contributed by atoms with Gasteiger partial charge in [-0.3, -0.25) is 4.79 Å². The summed E-state index contributed by atoms with van der Waals surface area (Å²) in [6.07, 6.45) is 0.458. The SMILES string of the molecule is CC(C)(C)NC(=O)c1ccccc1NC(=O)N1CCOC[C@H]1CCO. The Morgan fingerprint density at radius 1 is 1.32 bits per heavy atom. The van der Waals surface area contributed by atoms with Gasteiger partial charge in [0.2, 0.25) is 0 Å². The predicted molar refractivity (Wildman–Crippen MR) is 95.7 cm³/mol. The maximum atomic E-state index is 12.7. The van der Waals surface area contributed by atoms with Crippen LogP contribution in [0.3, 0.4) is 0 Å². The molecule has 2 rings (SSSR count). The zero-order valence-corrected chi connectivity index (χ0v) is 15.0. The van der Waals surface area contributed by atoms with Gasteiger partial charge in [-0.15, -0.1) is 0 Å². The van der Waals surface area contributed by atoms with E-state index in [9.17, 15) is 9.59 Å². The molecule has 3 N–H and O–H groups in total. The third-order valence-electron chi connectivity index (χ3n) is 3.85. The van der Waals surface area contributed by atoms with Gasteiger partial charge in [-0.25, -0.2) is 4.79 Å². The predicted octanol–water partition coefficient (Wildman–Crippen LogP) is 1.83. The Balaban J connectivity index is 2.14. The molecule has 1 aliphatic heterocycles. The van der Waals surface area contributed by atoms with E-state index in [0.717, 1.165) is 0 Å². The van der Waals surface area contributed by atoms with Gasteiger partial charge in [-0.05, 0) is 39.3 Å². The van der Waals surface area contributed by atoms with Crippen molar-refractivity contribution in [2.45, 2.75) is 38.8 Å². The van der Waals surface area contributed by atoms with E-state index in [1.807, 2.05) is 20.8 Å². The van der Waals surface area contributed by atoms with Gasteiger partial charge >= 0.3 is 6.03 Å². The quantitative estimate of drug-likeness (QED) is 0.773. The van der Waals surface area contributed by atoms with Crippen molar-refractivity contribution in [1.29, 1.82) is 0 Å². The van der Waals surface area contributed by atoms with Crippen LogP contribution < -0.4 is 10.6 Å². The summed E-state index contributed by atoms with van der Waals surface area (Å²) in [4.78, 5) is 26.8. The summed E-state index contributed by atoms with van der Waals surface area (Å²) in [5, 5.41) is 14.9. The molecule has 1 atom stereocenters. The number of para-hydroxylation sites is 1. The Morgan fingerprint density at radius 3 is 2.72 bits per heavy atom. The lowest BCUT2D eigenvalue weighted by Gasteiger charge is -2.35. The van der Waals surface area contributed by atoms with Gasteiger partial charge in [-0.2, -0.15) is 0 Å². The van der Waals surface area contributed by atoms with Crippen LogP contribution in [0.25, 0.3) is 0 Å². The number of amides is 3. The molecule has 0 aromatic heterocycles. The van der Waals surface area contributed by atoms with Gasteiger partial charge < -0.3 is 25.4 Å². The summed E-state index contributed by atoms with van der Waals surface area (Å²) in [5.41, 5.74) is 0.506. The number of morpholine rings is 1. The maximum absolute atomic E-state index is 12.7. The normalized spacial score (nSPS) is 17.9. The van der Waals surface area contributed by atoms with E-state index in [-0.39, 0.29) is 30.1 Å². The summed E-state index contributed by atoms with van der Waals surface area (Å²) >= 11 is 0. The standard InChI is InChI=1S/C18H27N3O4/c1-18(2,3)20-16(23)14-6-4-5-7-15(14)19-17(24)21-9-11-25-12-13(21)8-10-22/h4-7,13,22H,8-12H2,1-3H3,(H,19,24)(H,20,23)/t13-/m1/s1. The Labute approximate surface area is 148 Å². The first-order chi connectivity index (χ1) is 11.8. The fourth-order valence-electron chi connectivity index (χ4n) is 2.70. The monoisotopic (exact) mass is 349 g/mol. The van der Waals surface area contributed by atoms with Gasteiger partial charge in [0.15, 0.2) is 0 Å². The van der Waals surface area contributed by atoms with E-state index in [1.54, 1.807) is 29.2 Å². The molecule has 1 aromatic carbocycles. The number of hydrogen-bond donors (Lipinski definition) is 3. The average molecular weight is 349 g/mol. The number of hydrogen-bond acceptors (Lipinski definition) is 4. The van der Waals surface area contributed by atoms with Gasteiger partial charge in [0.05, 0.1) is 30.5 Å². The number of urea groups is 1. The Kier molecular flexibility index (Phi) is 6.39. The molecule has 1 saturated heterocycles. The molecule has 0 radical (unpaired) electrons. The molecular weight excluding hydrogens is 322 g/mol. The Hall–Kier alpha value is -2.12. The van der Waals surface area contributed by atoms with E-state index in [4.69, 9.17) is 9.84 Å². The number of nitrogens with zero attached hydrogens (tertiary/aromatic N) is 1. The minimum atomic E-state index is -0.370. The van der Waals surface area contributed by atoms with Crippen molar-refractivity contribution >= 4 is 17.6 Å². The van der Waals surface area contributed by atoms with Gasteiger partial charge in [0, 0.05) is 18.7 Å². The molecule has 1 aromatic rings. The molecule has 0 aliphatic carbocycles. The van der Waals surface area contributed by atoms with Crippen molar-refractivity contribution in [2.75, 3.05) is 31.7 Å². The maximum Gasteiger partial charge on any atom is 0.322 e. The zero-order valence-electron chi connectivity index (χ0n) is 15.0. The number of benzene rings is 1. The van der Waals surface area contributed by atoms with Crippen LogP contribution in [0, 0.1) is 0 Å². The van der Waals surface area contributed by atoms with Crippen molar-refractivity contribution in [3.8, 4) is 0 Å². The number of carbonyl (C=O) groups excluding carboxylic acids is 2. The van der Waals surface area contributed by atoms with Crippen LogP contribution in [0.5, 0.6) is 0 Å². The smallest absolute Gasteiger partial charge is 0.322 e. The lowest BCUT2D eigenvalue weighted by molar-refractivity contribution is 0.00728. The topological polar surface area (TPSA) is 90.9 Å². The lowest BCUT2D eigenvalue weighted by atomic mass is 10.1. The first-order valence-electron chi connectivity index (χ1n) is 8.49. The third kappa shape index (κ3) is 5.44. The van der Waals surface area contributed by atoms with E-state index in [1.165, 1.54) is 0 Å². The largest absolute Gasteiger partial charge is 0.396 e. The summed E-state index contributed by atoms with van der Waals surface area (Å²) in [6.45, 7) is 7.01. The minimum Gasteiger partial charge on any atom is -0.396 e. The molecule has 138 valence electrons. The first kappa shape index (κ1) is 19.2. The van der Waals surface area contributed by atoms with Gasteiger partial charge in [0.1, 0.15) is 0 Å². The third-order valence-corrected chi connectivity index (χ3v) is 3.85. The number of carbonyl (C=O) groups is 2.